The van der Waals surface area contributed by atoms with E-state index >= 15 is 0 Å². The first-order chi connectivity index (χ1) is 17.9. The van der Waals surface area contributed by atoms with Gasteiger partial charge in [-0.05, 0) is 73.0 Å². The minimum Gasteiger partial charge on any atom is -0.507 e. The van der Waals surface area contributed by atoms with E-state index in [0.717, 1.165) is 23.3 Å². The molecule has 1 saturated heterocycles. The van der Waals surface area contributed by atoms with Crippen LogP contribution in [0.15, 0.2) is 72.3 Å². The zero-order valence-corrected chi connectivity index (χ0v) is 21.1. The number of ketones is 1. The molecule has 3 aromatic carbocycles. The van der Waals surface area contributed by atoms with Crippen LogP contribution in [0.4, 0.5) is 0 Å². The molecule has 3 aromatic rings. The zero-order chi connectivity index (χ0) is 26.1. The van der Waals surface area contributed by atoms with Gasteiger partial charge in [-0.3, -0.25) is 9.59 Å². The lowest BCUT2D eigenvalue weighted by Crippen LogP contribution is -2.29. The minimum absolute atomic E-state index is 0.00958. The summed E-state index contributed by atoms with van der Waals surface area (Å²) in [5.41, 5.74) is 3.05. The summed E-state index contributed by atoms with van der Waals surface area (Å²) in [5, 5.41) is 11.4. The number of Topliss-reactive ketones (excluding diaryl/α,β-unsaturated/α-hetero) is 1. The fourth-order valence-electron chi connectivity index (χ4n) is 4.81. The molecule has 1 N–H and O–H groups in total. The molecule has 7 heteroatoms. The van der Waals surface area contributed by atoms with Gasteiger partial charge in [-0.25, -0.2) is 0 Å². The van der Waals surface area contributed by atoms with E-state index < -0.39 is 17.7 Å². The Morgan fingerprint density at radius 2 is 1.73 bits per heavy atom. The normalized spacial score (nSPS) is 18.2. The van der Waals surface area contributed by atoms with Gasteiger partial charge in [0.2, 0.25) is 0 Å². The van der Waals surface area contributed by atoms with Gasteiger partial charge in [0.25, 0.3) is 11.7 Å². The van der Waals surface area contributed by atoms with Crippen molar-refractivity contribution in [2.24, 2.45) is 0 Å². The Morgan fingerprint density at radius 1 is 1.03 bits per heavy atom. The predicted octanol–water partition coefficient (Wildman–Crippen LogP) is 5.04. The molecule has 1 fully saturated rings. The molecule has 1 unspecified atom stereocenters. The summed E-state index contributed by atoms with van der Waals surface area (Å²) in [4.78, 5) is 28.2. The second-order valence-corrected chi connectivity index (χ2v) is 9.43. The lowest BCUT2D eigenvalue weighted by Gasteiger charge is -2.26. The average molecular weight is 500 g/mol. The summed E-state index contributed by atoms with van der Waals surface area (Å²) in [6.07, 6.45) is 0.735. The van der Waals surface area contributed by atoms with Crippen molar-refractivity contribution in [2.45, 2.75) is 39.0 Å². The SMILES string of the molecule is COc1ccc(CN2C(=O)C(=O)/C(=C(\O)c3ccc4c(c3)CCO4)C2c2ccc(OC(C)C)cc2)cc1. The lowest BCUT2D eigenvalue weighted by molar-refractivity contribution is -0.140. The number of rotatable bonds is 7. The van der Waals surface area contributed by atoms with Crippen molar-refractivity contribution in [2.75, 3.05) is 13.7 Å². The van der Waals surface area contributed by atoms with Crippen LogP contribution in [-0.4, -0.2) is 41.5 Å². The van der Waals surface area contributed by atoms with Crippen molar-refractivity contribution in [1.82, 2.24) is 4.90 Å². The highest BCUT2D eigenvalue weighted by Crippen LogP contribution is 2.41. The Balaban J connectivity index is 1.58. The zero-order valence-electron chi connectivity index (χ0n) is 21.1. The number of hydrogen-bond acceptors (Lipinski definition) is 6. The topological polar surface area (TPSA) is 85.3 Å². The molecule has 0 aliphatic carbocycles. The third-order valence-corrected chi connectivity index (χ3v) is 6.58. The molecular formula is C30H29NO6. The quantitative estimate of drug-likeness (QED) is 0.279. The van der Waals surface area contributed by atoms with Gasteiger partial charge in [0.1, 0.15) is 23.0 Å². The third-order valence-electron chi connectivity index (χ3n) is 6.58. The summed E-state index contributed by atoms with van der Waals surface area (Å²) < 4.78 is 16.6. The van der Waals surface area contributed by atoms with Gasteiger partial charge in [0, 0.05) is 18.5 Å². The molecule has 0 spiro atoms. The maximum atomic E-state index is 13.4. The fraction of sp³-hybridized carbons (Fsp3) is 0.267. The van der Waals surface area contributed by atoms with Crippen LogP contribution in [0.25, 0.3) is 5.76 Å². The molecule has 0 saturated carbocycles. The standard InChI is InChI=1S/C30H29NO6/c1-18(2)37-24-11-6-20(7-12-24)27-26(28(32)22-8-13-25-21(16-22)14-15-36-25)29(33)30(34)31(27)17-19-4-9-23(35-3)10-5-19/h4-13,16,18,27,32H,14-15,17H2,1-3H3/b28-26-. The van der Waals surface area contributed by atoms with Crippen LogP contribution in [0.1, 0.15) is 42.1 Å². The number of amides is 1. The first-order valence-electron chi connectivity index (χ1n) is 12.3. The highest BCUT2D eigenvalue weighted by atomic mass is 16.5. The van der Waals surface area contributed by atoms with Gasteiger partial charge in [0.05, 0.1) is 31.4 Å². The highest BCUT2D eigenvalue weighted by Gasteiger charge is 2.46. The molecule has 37 heavy (non-hydrogen) atoms. The van der Waals surface area contributed by atoms with Crippen molar-refractivity contribution in [3.8, 4) is 17.2 Å². The molecule has 7 nitrogen and oxygen atoms in total. The summed E-state index contributed by atoms with van der Waals surface area (Å²) in [6.45, 7) is 4.66. The monoisotopic (exact) mass is 499 g/mol. The fourth-order valence-corrected chi connectivity index (χ4v) is 4.81. The van der Waals surface area contributed by atoms with Crippen molar-refractivity contribution < 1.29 is 28.9 Å². The van der Waals surface area contributed by atoms with Gasteiger partial charge >= 0.3 is 0 Å². The third kappa shape index (κ3) is 4.77. The van der Waals surface area contributed by atoms with E-state index in [0.29, 0.717) is 29.2 Å². The van der Waals surface area contributed by atoms with Crippen molar-refractivity contribution in [3.05, 3.63) is 94.6 Å². The lowest BCUT2D eigenvalue weighted by atomic mass is 9.94. The van der Waals surface area contributed by atoms with E-state index in [4.69, 9.17) is 14.2 Å². The Kier molecular flexibility index (Phi) is 6.61. The summed E-state index contributed by atoms with van der Waals surface area (Å²) in [5.74, 6) is 0.587. The largest absolute Gasteiger partial charge is 0.507 e. The Hall–Kier alpha value is -4.26. The molecule has 0 aromatic heterocycles. The molecule has 0 bridgehead atoms. The van der Waals surface area contributed by atoms with Gasteiger partial charge in [-0.2, -0.15) is 0 Å². The molecule has 2 aliphatic heterocycles. The molecule has 2 aliphatic rings. The second kappa shape index (κ2) is 10.0. The van der Waals surface area contributed by atoms with Crippen molar-refractivity contribution >= 4 is 17.4 Å². The van der Waals surface area contributed by atoms with Gasteiger partial charge in [0.15, 0.2) is 0 Å². The predicted molar refractivity (Wildman–Crippen MR) is 139 cm³/mol. The maximum absolute atomic E-state index is 13.4. The first kappa shape index (κ1) is 24.4. The summed E-state index contributed by atoms with van der Waals surface area (Å²) >= 11 is 0. The van der Waals surface area contributed by atoms with Crippen LogP contribution < -0.4 is 14.2 Å². The molecule has 1 atom stereocenters. The number of ether oxygens (including phenoxy) is 3. The van der Waals surface area contributed by atoms with Crippen LogP contribution in [0, 0.1) is 0 Å². The van der Waals surface area contributed by atoms with Crippen LogP contribution in [0.5, 0.6) is 17.2 Å². The number of likely N-dealkylation sites (tertiary alicyclic amines) is 1. The molecule has 190 valence electrons. The van der Waals surface area contributed by atoms with E-state index in [1.54, 1.807) is 19.2 Å². The summed E-state index contributed by atoms with van der Waals surface area (Å²) in [7, 11) is 1.59. The number of methoxy groups -OCH3 is 1. The first-order valence-corrected chi connectivity index (χ1v) is 12.3. The Bertz CT molecular complexity index is 1360. The van der Waals surface area contributed by atoms with E-state index in [9.17, 15) is 14.7 Å². The molecule has 0 radical (unpaired) electrons. The number of carbonyl (C=O) groups excluding carboxylic acids is 2. The molecule has 5 rings (SSSR count). The van der Waals surface area contributed by atoms with Crippen molar-refractivity contribution in [3.63, 3.8) is 0 Å². The van der Waals surface area contributed by atoms with E-state index in [1.165, 1.54) is 4.90 Å². The van der Waals surface area contributed by atoms with Gasteiger partial charge < -0.3 is 24.2 Å². The van der Waals surface area contributed by atoms with Crippen LogP contribution in [0.2, 0.25) is 0 Å². The van der Waals surface area contributed by atoms with Gasteiger partial charge in [-0.15, -0.1) is 0 Å². The number of nitrogens with zero attached hydrogens (tertiary/aromatic N) is 1. The minimum atomic E-state index is -0.764. The number of hydrogen-bond donors (Lipinski definition) is 1. The average Bonchev–Trinajstić information content (AvgIpc) is 3.47. The maximum Gasteiger partial charge on any atom is 0.295 e. The van der Waals surface area contributed by atoms with Crippen molar-refractivity contribution in [1.29, 1.82) is 0 Å². The highest BCUT2D eigenvalue weighted by molar-refractivity contribution is 6.46. The Labute approximate surface area is 215 Å². The van der Waals surface area contributed by atoms with Gasteiger partial charge in [-0.1, -0.05) is 24.3 Å². The smallest absolute Gasteiger partial charge is 0.295 e. The number of benzene rings is 3. The number of aliphatic hydroxyl groups is 1. The number of fused-ring (bicyclic) bond motifs is 1. The van der Waals surface area contributed by atoms with E-state index in [1.807, 2.05) is 68.4 Å². The summed E-state index contributed by atoms with van der Waals surface area (Å²) in [6, 6.07) is 19.2. The number of carbonyl (C=O) groups is 2. The number of aliphatic hydroxyl groups excluding tert-OH is 1. The Morgan fingerprint density at radius 3 is 2.41 bits per heavy atom. The van der Waals surface area contributed by atoms with Crippen LogP contribution in [0.3, 0.4) is 0 Å². The van der Waals surface area contributed by atoms with E-state index in [2.05, 4.69) is 0 Å². The van der Waals surface area contributed by atoms with Crippen LogP contribution >= 0.6 is 0 Å². The molecule has 1 amide bonds. The second-order valence-electron chi connectivity index (χ2n) is 9.43. The molecule has 2 heterocycles. The molecular weight excluding hydrogens is 470 g/mol. The van der Waals surface area contributed by atoms with Crippen LogP contribution in [-0.2, 0) is 22.6 Å². The van der Waals surface area contributed by atoms with E-state index in [-0.39, 0.29) is 24.0 Å².